The Labute approximate surface area is 221 Å². The lowest BCUT2D eigenvalue weighted by Gasteiger charge is -2.11. The Morgan fingerprint density at radius 3 is 2.29 bits per heavy atom. The van der Waals surface area contributed by atoms with Gasteiger partial charge in [0.05, 0.1) is 11.7 Å². The molecular formula is C28H24N6O3S. The molecule has 9 nitrogen and oxygen atoms in total. The standard InChI is InChI=1S/C28H24N6O3S/c1-3-9-23-24(27(36)37)34(28(38(23)2)29-26(35)19-10-5-4-6-11-19)20-16-14-18(15-17-20)21-12-7-8-13-22(21)25-30-32-33-31-25/h4-8,10-17H,3,9H2,1-2H3,(H-,30,31,32,33,36,37). The summed E-state index contributed by atoms with van der Waals surface area (Å²) in [5.41, 5.74) is 3.65. The highest BCUT2D eigenvalue weighted by atomic mass is 32.2. The number of nitrogens with one attached hydrogen (secondary N) is 1. The minimum absolute atomic E-state index is 0.0530. The molecule has 0 aliphatic heterocycles. The lowest BCUT2D eigenvalue weighted by atomic mass is 9.99. The van der Waals surface area contributed by atoms with Gasteiger partial charge in [0.15, 0.2) is 4.88 Å². The Bertz CT molecular complexity index is 1670. The lowest BCUT2D eigenvalue weighted by molar-refractivity contribution is -0.255. The van der Waals surface area contributed by atoms with Crippen LogP contribution in [0.25, 0.3) is 28.2 Å². The summed E-state index contributed by atoms with van der Waals surface area (Å²) < 4.78 is 1.55. The van der Waals surface area contributed by atoms with E-state index in [9.17, 15) is 14.7 Å². The fourth-order valence-electron chi connectivity index (χ4n) is 4.40. The largest absolute Gasteiger partial charge is 0.543 e. The molecule has 0 aliphatic carbocycles. The second-order valence-corrected chi connectivity index (χ2v) is 10.4. The molecule has 0 spiro atoms. The molecule has 0 radical (unpaired) electrons. The van der Waals surface area contributed by atoms with Crippen LogP contribution < -0.4 is 9.91 Å². The van der Waals surface area contributed by atoms with E-state index >= 15 is 0 Å². The number of thiazole rings is 1. The van der Waals surface area contributed by atoms with Crippen molar-refractivity contribution in [1.29, 1.82) is 0 Å². The Morgan fingerprint density at radius 1 is 0.974 bits per heavy atom. The van der Waals surface area contributed by atoms with E-state index in [0.29, 0.717) is 28.3 Å². The van der Waals surface area contributed by atoms with Crippen molar-refractivity contribution in [2.24, 2.45) is 11.2 Å². The Hall–Kier alpha value is -4.70. The van der Waals surface area contributed by atoms with Crippen molar-refractivity contribution < 1.29 is 14.7 Å². The number of carbonyl (C=O) groups is 2. The highest BCUT2D eigenvalue weighted by Gasteiger charge is 2.28. The number of aromatic amines is 1. The maximum absolute atomic E-state index is 13.0. The fourth-order valence-corrected chi connectivity index (χ4v) is 6.29. The van der Waals surface area contributed by atoms with Crippen LogP contribution in [0.3, 0.4) is 0 Å². The van der Waals surface area contributed by atoms with Crippen LogP contribution in [0.1, 0.15) is 39.1 Å². The fraction of sp³-hybridized carbons (Fsp3) is 0.143. The lowest BCUT2D eigenvalue weighted by Crippen LogP contribution is -2.29. The molecule has 0 aliphatic rings. The average molecular weight is 525 g/mol. The number of carbonyl (C=O) groups excluding carboxylic acids is 2. The molecule has 5 rings (SSSR count). The number of H-pyrrole nitrogens is 1. The van der Waals surface area contributed by atoms with Gasteiger partial charge in [-0.15, -0.1) is 15.2 Å². The summed E-state index contributed by atoms with van der Waals surface area (Å²) in [6, 6.07) is 23.8. The summed E-state index contributed by atoms with van der Waals surface area (Å²) in [5.74, 6) is -1.25. The molecule has 0 fully saturated rings. The Kier molecular flexibility index (Phi) is 7.05. The van der Waals surface area contributed by atoms with Crippen LogP contribution in [0.2, 0.25) is 0 Å². The van der Waals surface area contributed by atoms with Gasteiger partial charge < -0.3 is 9.90 Å². The molecule has 3 aromatic carbocycles. The smallest absolute Gasteiger partial charge is 0.355 e. The van der Waals surface area contributed by atoms with Crippen LogP contribution >= 0.6 is 10.5 Å². The summed E-state index contributed by atoms with van der Waals surface area (Å²) in [6.07, 6.45) is 3.22. The van der Waals surface area contributed by atoms with Crippen LogP contribution in [0, 0.1) is 0 Å². The SMILES string of the molecule is CCCc1c(C(=O)[O-])n(-c2ccc(-c3ccccc3-c3nn[nH]n3)cc2)c(=NC(=O)c2ccccc2)[s+]1C. The predicted octanol–water partition coefficient (Wildman–Crippen LogP) is 3.67. The van der Waals surface area contributed by atoms with Crippen LogP contribution in [-0.2, 0) is 12.7 Å². The molecule has 2 heterocycles. The maximum atomic E-state index is 13.0. The minimum Gasteiger partial charge on any atom is -0.543 e. The quantitative estimate of drug-likeness (QED) is 0.324. The molecule has 1 amide bonds. The third-order valence-corrected chi connectivity index (χ3v) is 8.12. The number of rotatable bonds is 7. The van der Waals surface area contributed by atoms with Gasteiger partial charge in [0.2, 0.25) is 5.82 Å². The first-order chi connectivity index (χ1) is 18.5. The van der Waals surface area contributed by atoms with Gasteiger partial charge >= 0.3 is 4.80 Å². The number of tetrazole rings is 1. The van der Waals surface area contributed by atoms with Crippen LogP contribution in [0.4, 0.5) is 0 Å². The van der Waals surface area contributed by atoms with Crippen molar-refractivity contribution in [1.82, 2.24) is 25.2 Å². The number of hydrogen-bond acceptors (Lipinski definition) is 6. The van der Waals surface area contributed by atoms with Crippen molar-refractivity contribution in [2.75, 3.05) is 0 Å². The number of benzene rings is 3. The van der Waals surface area contributed by atoms with E-state index in [-0.39, 0.29) is 5.69 Å². The monoisotopic (exact) mass is 524 g/mol. The zero-order valence-corrected chi connectivity index (χ0v) is 21.6. The van der Waals surface area contributed by atoms with E-state index in [1.807, 2.05) is 67.8 Å². The van der Waals surface area contributed by atoms with E-state index in [2.05, 4.69) is 25.6 Å². The summed E-state index contributed by atoms with van der Waals surface area (Å²) in [6.45, 7) is 1.99. The van der Waals surface area contributed by atoms with Gasteiger partial charge in [0.1, 0.15) is 11.9 Å². The predicted molar refractivity (Wildman–Crippen MR) is 142 cm³/mol. The second kappa shape index (κ2) is 10.7. The third-order valence-electron chi connectivity index (χ3n) is 6.16. The van der Waals surface area contributed by atoms with Gasteiger partial charge in [-0.2, -0.15) is 5.21 Å². The van der Waals surface area contributed by atoms with Gasteiger partial charge in [0.25, 0.3) is 5.91 Å². The molecule has 1 N–H and O–H groups in total. The van der Waals surface area contributed by atoms with Crippen molar-refractivity contribution in [3.8, 4) is 28.2 Å². The van der Waals surface area contributed by atoms with E-state index < -0.39 is 22.3 Å². The Morgan fingerprint density at radius 2 is 1.66 bits per heavy atom. The molecule has 1 atom stereocenters. The second-order valence-electron chi connectivity index (χ2n) is 8.55. The van der Waals surface area contributed by atoms with Crippen molar-refractivity contribution in [3.63, 3.8) is 0 Å². The number of aromatic carboxylic acids is 1. The van der Waals surface area contributed by atoms with E-state index in [4.69, 9.17) is 0 Å². The molecule has 0 bridgehead atoms. The Balaban J connectivity index is 1.67. The highest BCUT2D eigenvalue weighted by molar-refractivity contribution is 7.27. The topological polar surface area (TPSA) is 129 Å². The molecule has 5 aromatic rings. The van der Waals surface area contributed by atoms with Gasteiger partial charge in [-0.05, 0) is 47.0 Å². The molecule has 1 unspecified atom stereocenters. The zero-order valence-electron chi connectivity index (χ0n) is 20.8. The van der Waals surface area contributed by atoms with E-state index in [0.717, 1.165) is 28.0 Å². The van der Waals surface area contributed by atoms with Crippen molar-refractivity contribution in [2.45, 2.75) is 19.8 Å². The number of carboxylic acids is 1. The normalized spacial score (nSPS) is 12.1. The summed E-state index contributed by atoms with van der Waals surface area (Å²) in [5, 5.41) is 26.7. The van der Waals surface area contributed by atoms with Crippen molar-refractivity contribution >= 4 is 22.3 Å². The summed E-state index contributed by atoms with van der Waals surface area (Å²) in [7, 11) is -0.702. The van der Waals surface area contributed by atoms with Gasteiger partial charge in [0, 0.05) is 28.0 Å². The highest BCUT2D eigenvalue weighted by Crippen LogP contribution is 2.31. The van der Waals surface area contributed by atoms with Crippen molar-refractivity contribution in [3.05, 3.63) is 99.8 Å². The van der Waals surface area contributed by atoms with Gasteiger partial charge in [-0.3, -0.25) is 4.79 Å². The summed E-state index contributed by atoms with van der Waals surface area (Å²) >= 11 is 0. The minimum atomic E-state index is -1.29. The molecular weight excluding hydrogens is 500 g/mol. The summed E-state index contributed by atoms with van der Waals surface area (Å²) in [4.78, 5) is 31.0. The molecule has 0 saturated carbocycles. The third kappa shape index (κ3) is 4.69. The number of carboxylic acid groups (broad SMARTS) is 1. The molecule has 10 heteroatoms. The maximum Gasteiger partial charge on any atom is 0.355 e. The number of nitrogens with zero attached hydrogens (tertiary/aromatic N) is 5. The van der Waals surface area contributed by atoms with E-state index in [1.165, 1.54) is 0 Å². The first-order valence-corrected chi connectivity index (χ1v) is 13.6. The van der Waals surface area contributed by atoms with Gasteiger partial charge in [-0.25, -0.2) is 4.57 Å². The first kappa shape index (κ1) is 25.0. The average Bonchev–Trinajstić information content (AvgIpc) is 3.57. The molecule has 38 heavy (non-hydrogen) atoms. The first-order valence-electron chi connectivity index (χ1n) is 12.0. The number of aromatic nitrogens is 5. The molecule has 190 valence electrons. The van der Waals surface area contributed by atoms with E-state index in [1.54, 1.807) is 28.8 Å². The van der Waals surface area contributed by atoms with Gasteiger partial charge in [-0.1, -0.05) is 61.5 Å². The molecule has 2 aromatic heterocycles. The van der Waals surface area contributed by atoms with Crippen LogP contribution in [0.15, 0.2) is 83.9 Å². The number of hydrogen-bond donors (Lipinski definition) is 1. The zero-order chi connectivity index (χ0) is 26.6. The van der Waals surface area contributed by atoms with Crippen LogP contribution in [0.5, 0.6) is 0 Å². The molecule has 0 saturated heterocycles. The number of amides is 1. The van der Waals surface area contributed by atoms with Crippen LogP contribution in [-0.4, -0.2) is 37.1 Å².